The van der Waals surface area contributed by atoms with Crippen LogP contribution in [0.3, 0.4) is 0 Å². The molecular formula is C15H20Cl2N2O2. The summed E-state index contributed by atoms with van der Waals surface area (Å²) in [5.74, 6) is 0.369. The molecule has 0 aromatic heterocycles. The Labute approximate surface area is 135 Å². The Kier molecular flexibility index (Phi) is 5.73. The Morgan fingerprint density at radius 1 is 1.38 bits per heavy atom. The van der Waals surface area contributed by atoms with Crippen LogP contribution in [0.4, 0.5) is 4.79 Å². The van der Waals surface area contributed by atoms with E-state index in [4.69, 9.17) is 23.2 Å². The Balaban J connectivity index is 1.72. The number of urea groups is 1. The van der Waals surface area contributed by atoms with E-state index in [1.807, 2.05) is 12.1 Å². The average Bonchev–Trinajstić information content (AvgIpc) is 3.21. The van der Waals surface area contributed by atoms with E-state index in [0.29, 0.717) is 35.5 Å². The molecule has 0 heterocycles. The lowest BCUT2D eigenvalue weighted by atomic mass is 10.1. The van der Waals surface area contributed by atoms with Gasteiger partial charge < -0.3 is 15.3 Å². The summed E-state index contributed by atoms with van der Waals surface area (Å²) in [6.45, 7) is 0.874. The van der Waals surface area contributed by atoms with Crippen molar-refractivity contribution in [2.24, 2.45) is 5.92 Å². The van der Waals surface area contributed by atoms with Gasteiger partial charge in [0.05, 0.1) is 6.10 Å². The van der Waals surface area contributed by atoms with Crippen LogP contribution in [0.25, 0.3) is 0 Å². The van der Waals surface area contributed by atoms with Crippen molar-refractivity contribution >= 4 is 29.2 Å². The molecule has 0 aliphatic heterocycles. The van der Waals surface area contributed by atoms with Crippen LogP contribution in [-0.4, -0.2) is 42.3 Å². The van der Waals surface area contributed by atoms with Gasteiger partial charge in [0, 0.05) is 30.2 Å². The number of carbonyl (C=O) groups is 1. The SMILES string of the molecule is CN(CC(O)C1CC1)C(=O)NCCc1cc(Cl)cc(Cl)c1. The normalized spacial score (nSPS) is 15.6. The van der Waals surface area contributed by atoms with Crippen molar-refractivity contribution in [2.75, 3.05) is 20.1 Å². The first-order valence-electron chi connectivity index (χ1n) is 7.07. The monoisotopic (exact) mass is 330 g/mol. The fraction of sp³-hybridized carbons (Fsp3) is 0.533. The predicted octanol–water partition coefficient (Wildman–Crippen LogP) is 2.95. The number of hydrogen-bond acceptors (Lipinski definition) is 2. The highest BCUT2D eigenvalue weighted by Crippen LogP contribution is 2.32. The maximum Gasteiger partial charge on any atom is 0.317 e. The third kappa shape index (κ3) is 5.38. The zero-order valence-electron chi connectivity index (χ0n) is 12.0. The molecule has 1 unspecified atom stereocenters. The third-order valence-electron chi connectivity index (χ3n) is 3.59. The second-order valence-corrected chi connectivity index (χ2v) is 6.42. The van der Waals surface area contributed by atoms with Crippen molar-refractivity contribution in [3.05, 3.63) is 33.8 Å². The summed E-state index contributed by atoms with van der Waals surface area (Å²) in [5.41, 5.74) is 0.980. The fourth-order valence-electron chi connectivity index (χ4n) is 2.20. The lowest BCUT2D eigenvalue weighted by Crippen LogP contribution is -2.42. The predicted molar refractivity (Wildman–Crippen MR) is 84.9 cm³/mol. The van der Waals surface area contributed by atoms with Gasteiger partial charge >= 0.3 is 6.03 Å². The number of amides is 2. The van der Waals surface area contributed by atoms with Crippen LogP contribution in [0.15, 0.2) is 18.2 Å². The number of likely N-dealkylation sites (N-methyl/N-ethyl adjacent to an activating group) is 1. The topological polar surface area (TPSA) is 52.6 Å². The van der Waals surface area contributed by atoms with Crippen LogP contribution in [0, 0.1) is 5.92 Å². The van der Waals surface area contributed by atoms with Crippen molar-refractivity contribution in [2.45, 2.75) is 25.4 Å². The van der Waals surface area contributed by atoms with Crippen molar-refractivity contribution in [1.29, 1.82) is 0 Å². The van der Waals surface area contributed by atoms with Gasteiger partial charge in [0.25, 0.3) is 0 Å². The van der Waals surface area contributed by atoms with Gasteiger partial charge in [-0.25, -0.2) is 4.79 Å². The minimum Gasteiger partial charge on any atom is -0.391 e. The minimum atomic E-state index is -0.410. The minimum absolute atomic E-state index is 0.178. The number of nitrogens with one attached hydrogen (secondary N) is 1. The van der Waals surface area contributed by atoms with Gasteiger partial charge in [-0.15, -0.1) is 0 Å². The molecule has 1 aromatic rings. The first-order valence-corrected chi connectivity index (χ1v) is 7.83. The molecule has 1 atom stereocenters. The van der Waals surface area contributed by atoms with Crippen LogP contribution in [0.5, 0.6) is 0 Å². The van der Waals surface area contributed by atoms with Crippen LogP contribution in [0.2, 0.25) is 10.0 Å². The van der Waals surface area contributed by atoms with E-state index in [1.54, 1.807) is 13.1 Å². The second-order valence-electron chi connectivity index (χ2n) is 5.54. The van der Waals surface area contributed by atoms with Gasteiger partial charge in [0.15, 0.2) is 0 Å². The molecule has 2 N–H and O–H groups in total. The highest BCUT2D eigenvalue weighted by molar-refractivity contribution is 6.34. The molecule has 21 heavy (non-hydrogen) atoms. The molecule has 6 heteroatoms. The molecule has 0 bridgehead atoms. The van der Waals surface area contributed by atoms with E-state index in [-0.39, 0.29) is 6.03 Å². The van der Waals surface area contributed by atoms with E-state index in [1.165, 1.54) is 4.90 Å². The molecule has 1 aliphatic carbocycles. The van der Waals surface area contributed by atoms with Crippen LogP contribution < -0.4 is 5.32 Å². The smallest absolute Gasteiger partial charge is 0.317 e. The highest BCUT2D eigenvalue weighted by Gasteiger charge is 2.31. The molecule has 116 valence electrons. The summed E-state index contributed by atoms with van der Waals surface area (Å²) in [6.07, 6.45) is 2.37. The van der Waals surface area contributed by atoms with Gasteiger partial charge in [0.2, 0.25) is 0 Å². The van der Waals surface area contributed by atoms with Crippen LogP contribution >= 0.6 is 23.2 Å². The van der Waals surface area contributed by atoms with Gasteiger partial charge in [-0.3, -0.25) is 0 Å². The zero-order valence-corrected chi connectivity index (χ0v) is 13.5. The van der Waals surface area contributed by atoms with E-state index in [2.05, 4.69) is 5.32 Å². The number of carbonyl (C=O) groups excluding carboxylic acids is 1. The first kappa shape index (κ1) is 16.4. The average molecular weight is 331 g/mol. The summed E-state index contributed by atoms with van der Waals surface area (Å²) in [5, 5.41) is 13.8. The molecule has 2 amide bonds. The number of halogens is 2. The standard InChI is InChI=1S/C15H20Cl2N2O2/c1-19(9-14(20)11-2-3-11)15(21)18-5-4-10-6-12(16)8-13(17)7-10/h6-8,11,14,20H,2-5,9H2,1H3,(H,18,21). The Morgan fingerprint density at radius 3 is 2.57 bits per heavy atom. The lowest BCUT2D eigenvalue weighted by molar-refractivity contribution is 0.113. The number of rotatable bonds is 6. The number of hydrogen-bond donors (Lipinski definition) is 2. The number of benzene rings is 1. The number of nitrogens with zero attached hydrogens (tertiary/aromatic N) is 1. The van der Waals surface area contributed by atoms with Gasteiger partial charge in [-0.1, -0.05) is 23.2 Å². The lowest BCUT2D eigenvalue weighted by Gasteiger charge is -2.21. The fourth-order valence-corrected chi connectivity index (χ4v) is 2.77. The maximum absolute atomic E-state index is 11.9. The molecule has 0 saturated heterocycles. The summed E-state index contributed by atoms with van der Waals surface area (Å²) >= 11 is 11.9. The highest BCUT2D eigenvalue weighted by atomic mass is 35.5. The van der Waals surface area contributed by atoms with Crippen molar-refractivity contribution < 1.29 is 9.90 Å². The van der Waals surface area contributed by atoms with Gasteiger partial charge in [-0.2, -0.15) is 0 Å². The molecule has 2 rings (SSSR count). The summed E-state index contributed by atoms with van der Waals surface area (Å²) in [4.78, 5) is 13.4. The molecule has 1 aliphatic rings. The van der Waals surface area contributed by atoms with E-state index < -0.39 is 6.10 Å². The molecule has 4 nitrogen and oxygen atoms in total. The second kappa shape index (κ2) is 7.34. The van der Waals surface area contributed by atoms with Crippen LogP contribution in [0.1, 0.15) is 18.4 Å². The Morgan fingerprint density at radius 2 is 2.00 bits per heavy atom. The maximum atomic E-state index is 11.9. The molecule has 1 saturated carbocycles. The third-order valence-corrected chi connectivity index (χ3v) is 4.02. The molecule has 0 radical (unpaired) electrons. The van der Waals surface area contributed by atoms with E-state index in [0.717, 1.165) is 18.4 Å². The first-order chi connectivity index (χ1) is 9.95. The Bertz CT molecular complexity index is 486. The largest absolute Gasteiger partial charge is 0.391 e. The number of aliphatic hydroxyl groups excluding tert-OH is 1. The summed E-state index contributed by atoms with van der Waals surface area (Å²) in [6, 6.07) is 5.17. The summed E-state index contributed by atoms with van der Waals surface area (Å²) in [7, 11) is 1.69. The molecule has 1 aromatic carbocycles. The van der Waals surface area contributed by atoms with Crippen molar-refractivity contribution in [1.82, 2.24) is 10.2 Å². The van der Waals surface area contributed by atoms with Crippen LogP contribution in [-0.2, 0) is 6.42 Å². The van der Waals surface area contributed by atoms with Crippen molar-refractivity contribution in [3.63, 3.8) is 0 Å². The van der Waals surface area contributed by atoms with Gasteiger partial charge in [0.1, 0.15) is 0 Å². The van der Waals surface area contributed by atoms with Crippen molar-refractivity contribution in [3.8, 4) is 0 Å². The zero-order chi connectivity index (χ0) is 15.4. The van der Waals surface area contributed by atoms with Gasteiger partial charge in [-0.05, 0) is 48.9 Å². The number of aliphatic hydroxyl groups is 1. The van der Waals surface area contributed by atoms with E-state index in [9.17, 15) is 9.90 Å². The quantitative estimate of drug-likeness (QED) is 0.842. The Hall–Kier alpha value is -0.970. The van der Waals surface area contributed by atoms with E-state index >= 15 is 0 Å². The molecular weight excluding hydrogens is 311 g/mol. The molecule has 1 fully saturated rings. The molecule has 0 spiro atoms. The summed E-state index contributed by atoms with van der Waals surface area (Å²) < 4.78 is 0.